The van der Waals surface area contributed by atoms with Crippen molar-refractivity contribution >= 4 is 38.7 Å². The predicted molar refractivity (Wildman–Crippen MR) is 88.8 cm³/mol. The van der Waals surface area contributed by atoms with Gasteiger partial charge in [0.15, 0.2) is 0 Å². The van der Waals surface area contributed by atoms with E-state index in [4.69, 9.17) is 0 Å². The molecule has 0 radical (unpaired) electrons. The molecule has 0 bridgehead atoms. The standard InChI is InChI=1S/C16H17BrN4O/c17-13-3-4-14-12(9-13)10-18-16(19-14)21-7-5-20(6-8-21)15(22)11-1-2-11/h3-4,9-11H,1-2,5-8H2. The molecule has 6 heteroatoms. The molecule has 4 rings (SSSR count). The van der Waals surface area contributed by atoms with E-state index in [1.807, 2.05) is 29.3 Å². The summed E-state index contributed by atoms with van der Waals surface area (Å²) in [6.07, 6.45) is 4.01. The Labute approximate surface area is 137 Å². The lowest BCUT2D eigenvalue weighted by molar-refractivity contribution is -0.132. The molecule has 2 aliphatic rings. The van der Waals surface area contributed by atoms with Crippen molar-refractivity contribution in [1.29, 1.82) is 0 Å². The molecule has 2 heterocycles. The second-order valence-electron chi connectivity index (χ2n) is 5.96. The quantitative estimate of drug-likeness (QED) is 0.825. The Balaban J connectivity index is 1.48. The average molecular weight is 361 g/mol. The molecule has 22 heavy (non-hydrogen) atoms. The lowest BCUT2D eigenvalue weighted by atomic mass is 10.2. The molecule has 1 aromatic heterocycles. The van der Waals surface area contributed by atoms with Crippen LogP contribution in [0.4, 0.5) is 5.95 Å². The third-order valence-electron chi connectivity index (χ3n) is 4.33. The summed E-state index contributed by atoms with van der Waals surface area (Å²) >= 11 is 3.46. The van der Waals surface area contributed by atoms with Crippen molar-refractivity contribution in [3.63, 3.8) is 0 Å². The SMILES string of the molecule is O=C(C1CC1)N1CCN(c2ncc3cc(Br)ccc3n2)CC1. The maximum atomic E-state index is 12.1. The fourth-order valence-electron chi connectivity index (χ4n) is 2.86. The molecule has 0 spiro atoms. The van der Waals surface area contributed by atoms with Crippen LogP contribution in [0.2, 0.25) is 0 Å². The van der Waals surface area contributed by atoms with Crippen LogP contribution >= 0.6 is 15.9 Å². The maximum Gasteiger partial charge on any atom is 0.225 e. The lowest BCUT2D eigenvalue weighted by Gasteiger charge is -2.34. The van der Waals surface area contributed by atoms with Gasteiger partial charge in [0.1, 0.15) is 0 Å². The van der Waals surface area contributed by atoms with Crippen LogP contribution in [0.1, 0.15) is 12.8 Å². The number of aromatic nitrogens is 2. The Morgan fingerprint density at radius 3 is 2.68 bits per heavy atom. The van der Waals surface area contributed by atoms with E-state index in [0.29, 0.717) is 11.8 Å². The highest BCUT2D eigenvalue weighted by Gasteiger charge is 2.34. The highest BCUT2D eigenvalue weighted by molar-refractivity contribution is 9.10. The Morgan fingerprint density at radius 1 is 1.18 bits per heavy atom. The molecule has 1 amide bonds. The molecule has 2 fully saturated rings. The number of fused-ring (bicyclic) bond motifs is 1. The summed E-state index contributed by atoms with van der Waals surface area (Å²) in [5, 5.41) is 1.03. The number of amides is 1. The third kappa shape index (κ3) is 2.67. The fraction of sp³-hybridized carbons (Fsp3) is 0.438. The van der Waals surface area contributed by atoms with Gasteiger partial charge in [-0.05, 0) is 31.0 Å². The number of benzene rings is 1. The molecule has 1 aliphatic carbocycles. The van der Waals surface area contributed by atoms with Crippen LogP contribution in [-0.2, 0) is 4.79 Å². The van der Waals surface area contributed by atoms with Gasteiger partial charge in [-0.25, -0.2) is 9.97 Å². The predicted octanol–water partition coefficient (Wildman–Crippen LogP) is 2.45. The summed E-state index contributed by atoms with van der Waals surface area (Å²) in [6.45, 7) is 3.16. The zero-order chi connectivity index (χ0) is 15.1. The normalized spacial score (nSPS) is 18.8. The van der Waals surface area contributed by atoms with Crippen LogP contribution < -0.4 is 4.90 Å². The van der Waals surface area contributed by atoms with Gasteiger partial charge < -0.3 is 9.80 Å². The van der Waals surface area contributed by atoms with Crippen molar-refractivity contribution < 1.29 is 4.79 Å². The minimum absolute atomic E-state index is 0.307. The molecule has 114 valence electrons. The molecular formula is C16H17BrN4O. The number of hydrogen-bond acceptors (Lipinski definition) is 4. The largest absolute Gasteiger partial charge is 0.339 e. The van der Waals surface area contributed by atoms with Gasteiger partial charge in [-0.2, -0.15) is 0 Å². The van der Waals surface area contributed by atoms with Crippen LogP contribution in [0.3, 0.4) is 0 Å². The maximum absolute atomic E-state index is 12.1. The molecule has 1 saturated carbocycles. The van der Waals surface area contributed by atoms with E-state index < -0.39 is 0 Å². The highest BCUT2D eigenvalue weighted by Crippen LogP contribution is 2.31. The van der Waals surface area contributed by atoms with Crippen LogP contribution in [0.5, 0.6) is 0 Å². The van der Waals surface area contributed by atoms with E-state index in [0.717, 1.165) is 60.3 Å². The molecule has 0 N–H and O–H groups in total. The molecule has 5 nitrogen and oxygen atoms in total. The molecule has 1 aliphatic heterocycles. The van der Waals surface area contributed by atoms with Gasteiger partial charge in [-0.1, -0.05) is 15.9 Å². The van der Waals surface area contributed by atoms with E-state index >= 15 is 0 Å². The number of rotatable bonds is 2. The summed E-state index contributed by atoms with van der Waals surface area (Å²) in [6, 6.07) is 6.01. The monoisotopic (exact) mass is 360 g/mol. The number of anilines is 1. The first-order chi connectivity index (χ1) is 10.7. The Bertz CT molecular complexity index is 723. The van der Waals surface area contributed by atoms with E-state index in [9.17, 15) is 4.79 Å². The van der Waals surface area contributed by atoms with Crippen LogP contribution in [0.25, 0.3) is 10.9 Å². The van der Waals surface area contributed by atoms with Gasteiger partial charge >= 0.3 is 0 Å². The number of nitrogens with zero attached hydrogens (tertiary/aromatic N) is 4. The smallest absolute Gasteiger partial charge is 0.225 e. The first-order valence-electron chi connectivity index (χ1n) is 7.67. The van der Waals surface area contributed by atoms with Crippen molar-refractivity contribution in [3.05, 3.63) is 28.9 Å². The summed E-state index contributed by atoms with van der Waals surface area (Å²) in [4.78, 5) is 25.4. The van der Waals surface area contributed by atoms with E-state index in [1.54, 1.807) is 0 Å². The fourth-order valence-corrected chi connectivity index (χ4v) is 3.24. The zero-order valence-corrected chi connectivity index (χ0v) is 13.8. The van der Waals surface area contributed by atoms with Crippen LogP contribution in [-0.4, -0.2) is 47.0 Å². The molecule has 0 unspecified atom stereocenters. The zero-order valence-electron chi connectivity index (χ0n) is 12.2. The summed E-state index contributed by atoms with van der Waals surface area (Å²) in [7, 11) is 0. The number of hydrogen-bond donors (Lipinski definition) is 0. The molecule has 1 aromatic carbocycles. The van der Waals surface area contributed by atoms with Gasteiger partial charge in [0.2, 0.25) is 11.9 Å². The summed E-state index contributed by atoms with van der Waals surface area (Å²) in [5.74, 6) is 1.40. The van der Waals surface area contributed by atoms with Crippen molar-refractivity contribution in [3.8, 4) is 0 Å². The first kappa shape index (κ1) is 13.9. The summed E-state index contributed by atoms with van der Waals surface area (Å²) in [5.41, 5.74) is 0.949. The highest BCUT2D eigenvalue weighted by atomic mass is 79.9. The van der Waals surface area contributed by atoms with Crippen LogP contribution in [0.15, 0.2) is 28.9 Å². The topological polar surface area (TPSA) is 49.3 Å². The van der Waals surface area contributed by atoms with Crippen molar-refractivity contribution in [2.75, 3.05) is 31.1 Å². The van der Waals surface area contributed by atoms with Crippen molar-refractivity contribution in [2.24, 2.45) is 5.92 Å². The Morgan fingerprint density at radius 2 is 1.95 bits per heavy atom. The number of carbonyl (C=O) groups is 1. The van der Waals surface area contributed by atoms with E-state index in [1.165, 1.54) is 0 Å². The van der Waals surface area contributed by atoms with Gasteiger partial charge in [-0.3, -0.25) is 4.79 Å². The van der Waals surface area contributed by atoms with E-state index in [2.05, 4.69) is 30.8 Å². The van der Waals surface area contributed by atoms with Gasteiger partial charge in [0, 0.05) is 48.2 Å². The molecule has 2 aromatic rings. The van der Waals surface area contributed by atoms with Crippen LogP contribution in [0, 0.1) is 5.92 Å². The average Bonchev–Trinajstić information content (AvgIpc) is 3.39. The van der Waals surface area contributed by atoms with Crippen molar-refractivity contribution in [1.82, 2.24) is 14.9 Å². The minimum Gasteiger partial charge on any atom is -0.339 e. The summed E-state index contributed by atoms with van der Waals surface area (Å²) < 4.78 is 1.03. The Kier molecular flexibility index (Phi) is 3.48. The van der Waals surface area contributed by atoms with Gasteiger partial charge in [0.25, 0.3) is 0 Å². The number of carbonyl (C=O) groups excluding carboxylic acids is 1. The second kappa shape index (κ2) is 5.50. The molecule has 0 atom stereocenters. The Hall–Kier alpha value is -1.69. The third-order valence-corrected chi connectivity index (χ3v) is 4.82. The van der Waals surface area contributed by atoms with E-state index in [-0.39, 0.29) is 0 Å². The number of piperazine rings is 1. The second-order valence-corrected chi connectivity index (χ2v) is 6.88. The first-order valence-corrected chi connectivity index (χ1v) is 8.46. The van der Waals surface area contributed by atoms with Gasteiger partial charge in [-0.15, -0.1) is 0 Å². The minimum atomic E-state index is 0.307. The van der Waals surface area contributed by atoms with Gasteiger partial charge in [0.05, 0.1) is 5.52 Å². The molecular weight excluding hydrogens is 344 g/mol. The lowest BCUT2D eigenvalue weighted by Crippen LogP contribution is -2.49. The van der Waals surface area contributed by atoms with Crippen molar-refractivity contribution in [2.45, 2.75) is 12.8 Å². The number of halogens is 1. The molecule has 1 saturated heterocycles.